The zero-order valence-electron chi connectivity index (χ0n) is 15.5. The summed E-state index contributed by atoms with van der Waals surface area (Å²) in [6, 6.07) is 12.0. The van der Waals surface area contributed by atoms with E-state index in [2.05, 4.69) is 15.5 Å². The molecule has 0 spiro atoms. The van der Waals surface area contributed by atoms with E-state index in [-0.39, 0.29) is 5.69 Å². The van der Waals surface area contributed by atoms with Gasteiger partial charge in [-0.1, -0.05) is 36.0 Å². The number of nitrogens with zero attached hydrogens (tertiary/aromatic N) is 3. The minimum Gasteiger partial charge on any atom is -0.495 e. The second kappa shape index (κ2) is 8.56. The number of methoxy groups -OCH3 is 1. The molecule has 0 radical (unpaired) electrons. The number of para-hydroxylation sites is 3. The second-order valence-corrected chi connectivity index (χ2v) is 7.26. The molecule has 0 fully saturated rings. The minimum absolute atomic E-state index is 0.288. The van der Waals surface area contributed by atoms with E-state index in [1.807, 2.05) is 12.1 Å². The summed E-state index contributed by atoms with van der Waals surface area (Å²) in [5.41, 5.74) is -0.510. The van der Waals surface area contributed by atoms with E-state index < -0.39 is 22.9 Å². The maximum Gasteiger partial charge on any atom is 0.418 e. The van der Waals surface area contributed by atoms with Crippen LogP contribution >= 0.6 is 11.8 Å². The van der Waals surface area contributed by atoms with Crippen LogP contribution in [-0.2, 0) is 11.0 Å². The SMILES string of the molecule is COc1ccccc1-n1cnnc1SC(C)C(=O)Nc1ccccc1C(F)(F)F. The van der Waals surface area contributed by atoms with Crippen LogP contribution in [0.1, 0.15) is 12.5 Å². The maximum atomic E-state index is 13.1. The zero-order valence-corrected chi connectivity index (χ0v) is 16.3. The normalized spacial score (nSPS) is 12.4. The van der Waals surface area contributed by atoms with Crippen molar-refractivity contribution in [2.45, 2.75) is 23.5 Å². The molecular weight excluding hydrogens is 405 g/mol. The van der Waals surface area contributed by atoms with Crippen molar-refractivity contribution >= 4 is 23.4 Å². The predicted molar refractivity (Wildman–Crippen MR) is 103 cm³/mol. The summed E-state index contributed by atoms with van der Waals surface area (Å²) in [5.74, 6) is 0.00614. The number of halogens is 3. The van der Waals surface area contributed by atoms with E-state index in [9.17, 15) is 18.0 Å². The number of carbonyl (C=O) groups is 1. The molecule has 0 aliphatic carbocycles. The Hall–Kier alpha value is -3.01. The molecular formula is C19H17F3N4O2S. The fraction of sp³-hybridized carbons (Fsp3) is 0.211. The average molecular weight is 422 g/mol. The largest absolute Gasteiger partial charge is 0.495 e. The number of rotatable bonds is 6. The van der Waals surface area contributed by atoms with Gasteiger partial charge in [-0.3, -0.25) is 9.36 Å². The lowest BCUT2D eigenvalue weighted by atomic mass is 10.1. The van der Waals surface area contributed by atoms with Crippen LogP contribution in [-0.4, -0.2) is 33.0 Å². The number of alkyl halides is 3. The molecule has 10 heteroatoms. The van der Waals surface area contributed by atoms with Gasteiger partial charge < -0.3 is 10.1 Å². The van der Waals surface area contributed by atoms with E-state index in [0.29, 0.717) is 16.6 Å². The number of carbonyl (C=O) groups excluding carboxylic acids is 1. The van der Waals surface area contributed by atoms with E-state index in [4.69, 9.17) is 4.74 Å². The molecule has 2 aromatic carbocycles. The number of thioether (sulfide) groups is 1. The van der Waals surface area contributed by atoms with Crippen molar-refractivity contribution in [1.82, 2.24) is 14.8 Å². The van der Waals surface area contributed by atoms with Crippen LogP contribution in [0.5, 0.6) is 5.75 Å². The van der Waals surface area contributed by atoms with Gasteiger partial charge in [0.05, 0.1) is 29.3 Å². The van der Waals surface area contributed by atoms with Crippen LogP contribution < -0.4 is 10.1 Å². The number of amides is 1. The van der Waals surface area contributed by atoms with Gasteiger partial charge in [-0.05, 0) is 31.2 Å². The van der Waals surface area contributed by atoms with Gasteiger partial charge in [0, 0.05) is 0 Å². The van der Waals surface area contributed by atoms with Crippen molar-refractivity contribution in [3.05, 3.63) is 60.4 Å². The summed E-state index contributed by atoms with van der Waals surface area (Å²) in [6.45, 7) is 1.58. The molecule has 1 unspecified atom stereocenters. The van der Waals surface area contributed by atoms with Gasteiger partial charge in [0.2, 0.25) is 5.91 Å². The molecule has 0 saturated heterocycles. The standard InChI is InChI=1S/C19H17F3N4O2S/c1-12(17(27)24-14-8-4-3-7-13(14)19(20,21)22)29-18-25-23-11-26(18)15-9-5-6-10-16(15)28-2/h3-12H,1-2H3,(H,24,27). The number of anilines is 1. The monoisotopic (exact) mass is 422 g/mol. The first-order chi connectivity index (χ1) is 13.8. The molecule has 1 atom stereocenters. The Morgan fingerprint density at radius 1 is 1.17 bits per heavy atom. The molecule has 1 aromatic heterocycles. The van der Waals surface area contributed by atoms with Gasteiger partial charge in [0.15, 0.2) is 5.16 Å². The average Bonchev–Trinajstić information content (AvgIpc) is 3.15. The Morgan fingerprint density at radius 2 is 1.86 bits per heavy atom. The highest BCUT2D eigenvalue weighted by Crippen LogP contribution is 2.35. The van der Waals surface area contributed by atoms with Crippen LogP contribution in [0.15, 0.2) is 60.0 Å². The van der Waals surface area contributed by atoms with E-state index in [0.717, 1.165) is 17.8 Å². The van der Waals surface area contributed by atoms with Gasteiger partial charge in [0.25, 0.3) is 0 Å². The number of hydrogen-bond donors (Lipinski definition) is 1. The summed E-state index contributed by atoms with van der Waals surface area (Å²) in [4.78, 5) is 12.5. The molecule has 3 rings (SSSR count). The van der Waals surface area contributed by atoms with Crippen LogP contribution in [0.2, 0.25) is 0 Å². The third-order valence-corrected chi connectivity index (χ3v) is 5.06. The van der Waals surface area contributed by atoms with Gasteiger partial charge in [-0.2, -0.15) is 13.2 Å². The quantitative estimate of drug-likeness (QED) is 0.596. The number of aromatic nitrogens is 3. The molecule has 0 saturated carbocycles. The summed E-state index contributed by atoms with van der Waals surface area (Å²) < 4.78 is 46.4. The van der Waals surface area contributed by atoms with E-state index in [1.165, 1.54) is 31.6 Å². The Bertz CT molecular complexity index is 1010. The highest BCUT2D eigenvalue weighted by Gasteiger charge is 2.34. The fourth-order valence-electron chi connectivity index (χ4n) is 2.58. The van der Waals surface area contributed by atoms with Crippen molar-refractivity contribution < 1.29 is 22.7 Å². The van der Waals surface area contributed by atoms with Gasteiger partial charge in [-0.25, -0.2) is 0 Å². The minimum atomic E-state index is -4.57. The van der Waals surface area contributed by atoms with Gasteiger partial charge >= 0.3 is 6.18 Å². The first kappa shape index (κ1) is 20.7. The molecule has 1 N–H and O–H groups in total. The van der Waals surface area contributed by atoms with Crippen molar-refractivity contribution in [2.24, 2.45) is 0 Å². The molecule has 1 amide bonds. The third-order valence-electron chi connectivity index (χ3n) is 4.00. The topological polar surface area (TPSA) is 69.0 Å². The van der Waals surface area contributed by atoms with Crippen LogP contribution in [0.25, 0.3) is 5.69 Å². The number of nitrogens with one attached hydrogen (secondary N) is 1. The Balaban J connectivity index is 1.78. The predicted octanol–water partition coefficient (Wildman–Crippen LogP) is 4.41. The van der Waals surface area contributed by atoms with E-state index >= 15 is 0 Å². The number of hydrogen-bond acceptors (Lipinski definition) is 5. The first-order valence-corrected chi connectivity index (χ1v) is 9.36. The zero-order chi connectivity index (χ0) is 21.0. The van der Waals surface area contributed by atoms with Crippen LogP contribution in [0, 0.1) is 0 Å². The van der Waals surface area contributed by atoms with Crippen molar-refractivity contribution in [1.29, 1.82) is 0 Å². The summed E-state index contributed by atoms with van der Waals surface area (Å²) >= 11 is 1.07. The van der Waals surface area contributed by atoms with Crippen molar-refractivity contribution in [3.63, 3.8) is 0 Å². The number of benzene rings is 2. The van der Waals surface area contributed by atoms with Crippen LogP contribution in [0.3, 0.4) is 0 Å². The van der Waals surface area contributed by atoms with Gasteiger partial charge in [-0.15, -0.1) is 10.2 Å². The van der Waals surface area contributed by atoms with Crippen LogP contribution in [0.4, 0.5) is 18.9 Å². The van der Waals surface area contributed by atoms with Crippen molar-refractivity contribution in [2.75, 3.05) is 12.4 Å². The Morgan fingerprint density at radius 3 is 2.59 bits per heavy atom. The Kier molecular flexibility index (Phi) is 6.12. The summed E-state index contributed by atoms with van der Waals surface area (Å²) in [7, 11) is 1.53. The maximum absolute atomic E-state index is 13.1. The lowest BCUT2D eigenvalue weighted by molar-refractivity contribution is -0.137. The highest BCUT2D eigenvalue weighted by molar-refractivity contribution is 8.00. The third kappa shape index (κ3) is 4.70. The lowest BCUT2D eigenvalue weighted by Gasteiger charge is -2.16. The molecule has 0 bridgehead atoms. The summed E-state index contributed by atoms with van der Waals surface area (Å²) in [6.07, 6.45) is -3.09. The Labute approximate surface area is 169 Å². The molecule has 6 nitrogen and oxygen atoms in total. The number of ether oxygens (including phenoxy) is 1. The van der Waals surface area contributed by atoms with E-state index in [1.54, 1.807) is 23.6 Å². The highest BCUT2D eigenvalue weighted by atomic mass is 32.2. The lowest BCUT2D eigenvalue weighted by Crippen LogP contribution is -2.24. The fourth-order valence-corrected chi connectivity index (χ4v) is 3.42. The first-order valence-electron chi connectivity index (χ1n) is 8.48. The molecule has 1 heterocycles. The molecule has 3 aromatic rings. The molecule has 0 aliphatic heterocycles. The summed E-state index contributed by atoms with van der Waals surface area (Å²) in [5, 5.41) is 9.91. The molecule has 29 heavy (non-hydrogen) atoms. The molecule has 0 aliphatic rings. The molecule has 152 valence electrons. The second-order valence-electron chi connectivity index (χ2n) is 5.95. The smallest absolute Gasteiger partial charge is 0.418 e. The van der Waals surface area contributed by atoms with Crippen molar-refractivity contribution in [3.8, 4) is 11.4 Å². The van der Waals surface area contributed by atoms with Gasteiger partial charge in [0.1, 0.15) is 12.1 Å².